The van der Waals surface area contributed by atoms with Crippen molar-refractivity contribution < 1.29 is 13.9 Å². The Morgan fingerprint density at radius 1 is 1.07 bits per heavy atom. The van der Waals surface area contributed by atoms with E-state index in [0.29, 0.717) is 17.0 Å². The highest BCUT2D eigenvalue weighted by atomic mass is 79.9. The molecule has 0 radical (unpaired) electrons. The summed E-state index contributed by atoms with van der Waals surface area (Å²) >= 11 is 3.51. The van der Waals surface area contributed by atoms with Gasteiger partial charge in [0.2, 0.25) is 0 Å². The van der Waals surface area contributed by atoms with Crippen LogP contribution in [-0.4, -0.2) is 11.6 Å². The van der Waals surface area contributed by atoms with E-state index < -0.39 is 0 Å². The minimum Gasteiger partial charge on any atom is -0.488 e. The van der Waals surface area contributed by atoms with Gasteiger partial charge in [0.15, 0.2) is 0 Å². The first-order valence-corrected chi connectivity index (χ1v) is 10.1. The zero-order valence-electron chi connectivity index (χ0n) is 16.2. The minimum absolute atomic E-state index is 0.166. The number of benzene rings is 3. The van der Waals surface area contributed by atoms with Crippen molar-refractivity contribution in [3.8, 4) is 5.75 Å². The molecule has 1 amide bonds. The van der Waals surface area contributed by atoms with Gasteiger partial charge in [0.05, 0.1) is 21.4 Å². The molecule has 1 heterocycles. The number of amides is 1. The molecule has 6 heteroatoms. The lowest BCUT2D eigenvalue weighted by atomic mass is 10.1. The third-order valence-electron chi connectivity index (χ3n) is 4.61. The summed E-state index contributed by atoms with van der Waals surface area (Å²) in [5.74, 6) is 0.177. The van der Waals surface area contributed by atoms with Crippen molar-refractivity contribution in [3.05, 3.63) is 99.8 Å². The summed E-state index contributed by atoms with van der Waals surface area (Å²) in [5, 5.41) is 5.80. The highest BCUT2D eigenvalue weighted by Gasteiger charge is 2.28. The predicted molar refractivity (Wildman–Crippen MR) is 120 cm³/mol. The number of carbonyl (C=O) groups excluding carboxylic acids is 1. The molecule has 0 N–H and O–H groups in total. The molecule has 0 aliphatic carbocycles. The van der Waals surface area contributed by atoms with E-state index in [1.165, 1.54) is 17.1 Å². The van der Waals surface area contributed by atoms with E-state index in [-0.39, 0.29) is 18.3 Å². The number of nitrogens with zero attached hydrogens (tertiary/aromatic N) is 2. The van der Waals surface area contributed by atoms with Crippen LogP contribution < -0.4 is 9.75 Å². The monoisotopic (exact) mass is 464 g/mol. The molecular formula is C24H18BrFN2O2. The molecule has 0 saturated heterocycles. The summed E-state index contributed by atoms with van der Waals surface area (Å²) in [4.78, 5) is 12.8. The molecule has 0 unspecified atom stereocenters. The van der Waals surface area contributed by atoms with Gasteiger partial charge >= 0.3 is 0 Å². The van der Waals surface area contributed by atoms with Crippen LogP contribution in [0.4, 0.5) is 10.1 Å². The van der Waals surface area contributed by atoms with Crippen LogP contribution in [-0.2, 0) is 11.4 Å². The third kappa shape index (κ3) is 4.33. The van der Waals surface area contributed by atoms with E-state index >= 15 is 0 Å². The number of anilines is 1. The lowest BCUT2D eigenvalue weighted by Gasteiger charge is -2.11. The van der Waals surface area contributed by atoms with Crippen LogP contribution in [0.2, 0.25) is 0 Å². The zero-order chi connectivity index (χ0) is 21.1. The molecule has 1 aliphatic heterocycles. The molecule has 30 heavy (non-hydrogen) atoms. The second kappa shape index (κ2) is 8.63. The van der Waals surface area contributed by atoms with E-state index in [1.807, 2.05) is 67.6 Å². The number of hydrazone groups is 1. The van der Waals surface area contributed by atoms with Gasteiger partial charge in [-0.25, -0.2) is 4.39 Å². The smallest absolute Gasteiger partial charge is 0.280 e. The van der Waals surface area contributed by atoms with Crippen molar-refractivity contribution in [2.45, 2.75) is 13.5 Å². The van der Waals surface area contributed by atoms with Crippen LogP contribution in [0.15, 0.2) is 87.9 Å². The minimum atomic E-state index is -0.292. The van der Waals surface area contributed by atoms with Gasteiger partial charge in [0.25, 0.3) is 5.91 Å². The van der Waals surface area contributed by atoms with Crippen LogP contribution >= 0.6 is 15.9 Å². The average molecular weight is 465 g/mol. The topological polar surface area (TPSA) is 41.9 Å². The van der Waals surface area contributed by atoms with Gasteiger partial charge < -0.3 is 4.74 Å². The summed E-state index contributed by atoms with van der Waals surface area (Å²) < 4.78 is 19.8. The van der Waals surface area contributed by atoms with Crippen LogP contribution in [0.3, 0.4) is 0 Å². The molecule has 1 aliphatic rings. The van der Waals surface area contributed by atoms with Gasteiger partial charge in [0.1, 0.15) is 18.2 Å². The van der Waals surface area contributed by atoms with Crippen molar-refractivity contribution in [1.29, 1.82) is 0 Å². The molecule has 0 aromatic heterocycles. The summed E-state index contributed by atoms with van der Waals surface area (Å²) in [7, 11) is 0. The normalized spacial score (nSPS) is 14.9. The number of ether oxygens (including phenoxy) is 1. The number of hydrogen-bond donors (Lipinski definition) is 0. The standard InChI is InChI=1S/C24H18BrFN2O2/c1-16-21(24(29)28(27-16)20-8-3-2-4-9-20)13-17-10-11-23(22(25)14-17)30-15-18-6-5-7-19(26)12-18/h2-14H,15H2,1H3/b21-13+. The molecule has 3 aromatic rings. The third-order valence-corrected chi connectivity index (χ3v) is 5.23. The number of carbonyl (C=O) groups is 1. The maximum absolute atomic E-state index is 13.3. The second-order valence-corrected chi connectivity index (χ2v) is 7.66. The number of rotatable bonds is 5. The highest BCUT2D eigenvalue weighted by molar-refractivity contribution is 9.10. The average Bonchev–Trinajstić information content (AvgIpc) is 3.02. The van der Waals surface area contributed by atoms with E-state index in [2.05, 4.69) is 21.0 Å². The molecular weight excluding hydrogens is 447 g/mol. The van der Waals surface area contributed by atoms with Gasteiger partial charge in [-0.15, -0.1) is 0 Å². The highest BCUT2D eigenvalue weighted by Crippen LogP contribution is 2.29. The van der Waals surface area contributed by atoms with Gasteiger partial charge in [-0.3, -0.25) is 4.79 Å². The van der Waals surface area contributed by atoms with E-state index in [9.17, 15) is 9.18 Å². The molecule has 0 bridgehead atoms. The van der Waals surface area contributed by atoms with Gasteiger partial charge in [-0.05, 0) is 76.5 Å². The molecule has 0 spiro atoms. The molecule has 4 nitrogen and oxygen atoms in total. The summed E-state index contributed by atoms with van der Waals surface area (Å²) in [6, 6.07) is 21.2. The quantitative estimate of drug-likeness (QED) is 0.436. The SMILES string of the molecule is CC1=NN(c2ccccc2)C(=O)/C1=C/c1ccc(OCc2cccc(F)c2)c(Br)c1. The predicted octanol–water partition coefficient (Wildman–Crippen LogP) is 5.97. The van der Waals surface area contributed by atoms with E-state index in [1.54, 1.807) is 6.07 Å². The van der Waals surface area contributed by atoms with Crippen molar-refractivity contribution in [2.75, 3.05) is 5.01 Å². The number of para-hydroxylation sites is 1. The fraction of sp³-hybridized carbons (Fsp3) is 0.0833. The van der Waals surface area contributed by atoms with Gasteiger partial charge in [-0.2, -0.15) is 10.1 Å². The van der Waals surface area contributed by atoms with Crippen LogP contribution in [0.25, 0.3) is 6.08 Å². The number of hydrogen-bond acceptors (Lipinski definition) is 3. The largest absolute Gasteiger partial charge is 0.488 e. The van der Waals surface area contributed by atoms with Gasteiger partial charge in [-0.1, -0.05) is 36.4 Å². The van der Waals surface area contributed by atoms with Crippen molar-refractivity contribution in [3.63, 3.8) is 0 Å². The number of halogens is 2. The van der Waals surface area contributed by atoms with Crippen LogP contribution in [0.1, 0.15) is 18.1 Å². The van der Waals surface area contributed by atoms with Crippen molar-refractivity contribution >= 4 is 39.3 Å². The molecule has 150 valence electrons. The van der Waals surface area contributed by atoms with Crippen molar-refractivity contribution in [1.82, 2.24) is 0 Å². The Bertz CT molecular complexity index is 1160. The van der Waals surface area contributed by atoms with Crippen LogP contribution in [0, 0.1) is 5.82 Å². The Morgan fingerprint density at radius 2 is 1.87 bits per heavy atom. The van der Waals surface area contributed by atoms with E-state index in [0.717, 1.165) is 21.3 Å². The zero-order valence-corrected chi connectivity index (χ0v) is 17.8. The first kappa shape index (κ1) is 20.0. The summed E-state index contributed by atoms with van der Waals surface area (Å²) in [5.41, 5.74) is 3.52. The fourth-order valence-electron chi connectivity index (χ4n) is 3.11. The molecule has 4 rings (SSSR count). The summed E-state index contributed by atoms with van der Waals surface area (Å²) in [6.07, 6.45) is 1.81. The Labute approximate surface area is 182 Å². The second-order valence-electron chi connectivity index (χ2n) is 6.80. The molecule has 0 atom stereocenters. The summed E-state index contributed by atoms with van der Waals surface area (Å²) in [6.45, 7) is 2.07. The Kier molecular flexibility index (Phi) is 5.77. The maximum Gasteiger partial charge on any atom is 0.280 e. The molecule has 0 fully saturated rings. The van der Waals surface area contributed by atoms with Crippen molar-refractivity contribution in [2.24, 2.45) is 5.10 Å². The Balaban J connectivity index is 1.51. The molecule has 0 saturated carbocycles. The first-order valence-electron chi connectivity index (χ1n) is 9.35. The first-order chi connectivity index (χ1) is 14.5. The van der Waals surface area contributed by atoms with Crippen LogP contribution in [0.5, 0.6) is 5.75 Å². The Hall–Kier alpha value is -3.25. The van der Waals surface area contributed by atoms with E-state index in [4.69, 9.17) is 4.74 Å². The van der Waals surface area contributed by atoms with Gasteiger partial charge in [0, 0.05) is 0 Å². The fourth-order valence-corrected chi connectivity index (χ4v) is 3.62. The molecule has 3 aromatic carbocycles. The lowest BCUT2D eigenvalue weighted by Crippen LogP contribution is -2.21. The maximum atomic E-state index is 13.3. The Morgan fingerprint density at radius 3 is 2.60 bits per heavy atom. The lowest BCUT2D eigenvalue weighted by molar-refractivity contribution is -0.114.